The molecule has 0 bridgehead atoms. The topological polar surface area (TPSA) is 63.2 Å². The molecule has 1 aliphatic carbocycles. The zero-order valence-corrected chi connectivity index (χ0v) is 8.83. The largest absolute Gasteiger partial charge is 0.274 e. The Morgan fingerprint density at radius 2 is 1.80 bits per heavy atom. The van der Waals surface area contributed by atoms with E-state index in [4.69, 9.17) is 0 Å². The maximum atomic E-state index is 11.6. The molecule has 1 fully saturated rings. The quantitative estimate of drug-likeness (QED) is 0.831. The van der Waals surface area contributed by atoms with Gasteiger partial charge in [-0.25, -0.2) is 13.1 Å². The van der Waals surface area contributed by atoms with E-state index < -0.39 is 10.0 Å². The van der Waals surface area contributed by atoms with Gasteiger partial charge in [0.15, 0.2) is 0 Å². The predicted molar refractivity (Wildman–Crippen MR) is 54.5 cm³/mol. The molecule has 1 N–H and O–H groups in total. The average Bonchev–Trinajstić information content (AvgIpc) is 3.01. The molecule has 0 spiro atoms. The van der Waals surface area contributed by atoms with E-state index in [0.717, 1.165) is 12.8 Å². The highest BCUT2D eigenvalue weighted by Gasteiger charge is 2.32. The molecular formula is C10H11NO3S. The Morgan fingerprint density at radius 3 is 2.33 bits per heavy atom. The number of sulfonamides is 1. The van der Waals surface area contributed by atoms with E-state index in [0.29, 0.717) is 0 Å². The van der Waals surface area contributed by atoms with Gasteiger partial charge in [-0.15, -0.1) is 0 Å². The van der Waals surface area contributed by atoms with Crippen molar-refractivity contribution in [3.05, 3.63) is 30.3 Å². The summed E-state index contributed by atoms with van der Waals surface area (Å²) in [5, 5.41) is 0. The molecule has 0 unspecified atom stereocenters. The number of hydrogen-bond donors (Lipinski definition) is 1. The molecule has 0 atom stereocenters. The Morgan fingerprint density at radius 1 is 1.20 bits per heavy atom. The van der Waals surface area contributed by atoms with Gasteiger partial charge in [-0.05, 0) is 25.0 Å². The molecule has 15 heavy (non-hydrogen) atoms. The molecule has 0 saturated heterocycles. The monoisotopic (exact) mass is 225 g/mol. The number of rotatable bonds is 3. The van der Waals surface area contributed by atoms with Gasteiger partial charge in [0.2, 0.25) is 5.91 Å². The van der Waals surface area contributed by atoms with Gasteiger partial charge in [-0.1, -0.05) is 18.2 Å². The van der Waals surface area contributed by atoms with Crippen LogP contribution in [-0.2, 0) is 14.8 Å². The fraction of sp³-hybridized carbons (Fsp3) is 0.300. The number of nitrogens with one attached hydrogen (secondary N) is 1. The molecule has 1 saturated carbocycles. The molecule has 1 amide bonds. The summed E-state index contributed by atoms with van der Waals surface area (Å²) >= 11 is 0. The molecule has 2 rings (SSSR count). The van der Waals surface area contributed by atoms with Crippen molar-refractivity contribution in [3.8, 4) is 0 Å². The second-order valence-electron chi connectivity index (χ2n) is 3.56. The van der Waals surface area contributed by atoms with Gasteiger partial charge in [0, 0.05) is 5.92 Å². The lowest BCUT2D eigenvalue weighted by atomic mass is 10.4. The number of carbonyl (C=O) groups excluding carboxylic acids is 1. The summed E-state index contributed by atoms with van der Waals surface area (Å²) < 4.78 is 25.4. The zero-order valence-electron chi connectivity index (χ0n) is 8.01. The van der Waals surface area contributed by atoms with Crippen LogP contribution in [0.25, 0.3) is 0 Å². The molecule has 4 nitrogen and oxygen atoms in total. The molecule has 0 aliphatic heterocycles. The third-order valence-electron chi connectivity index (χ3n) is 2.24. The lowest BCUT2D eigenvalue weighted by Crippen LogP contribution is -2.31. The Hall–Kier alpha value is -1.36. The second kappa shape index (κ2) is 3.66. The zero-order chi connectivity index (χ0) is 10.9. The minimum atomic E-state index is -3.66. The summed E-state index contributed by atoms with van der Waals surface area (Å²) in [6, 6.07) is 7.89. The SMILES string of the molecule is O=C(NS(=O)(=O)c1ccccc1)C1CC1. The van der Waals surface area contributed by atoms with E-state index in [2.05, 4.69) is 4.72 Å². The van der Waals surface area contributed by atoms with Crippen molar-refractivity contribution in [1.82, 2.24) is 4.72 Å². The van der Waals surface area contributed by atoms with Crippen LogP contribution in [-0.4, -0.2) is 14.3 Å². The van der Waals surface area contributed by atoms with Crippen LogP contribution in [0, 0.1) is 5.92 Å². The molecule has 0 aromatic heterocycles. The first-order valence-corrected chi connectivity index (χ1v) is 6.19. The van der Waals surface area contributed by atoms with Crippen LogP contribution in [0.4, 0.5) is 0 Å². The molecule has 1 aromatic carbocycles. The Labute approximate surface area is 88.4 Å². The number of carbonyl (C=O) groups is 1. The predicted octanol–water partition coefficient (Wildman–Crippen LogP) is 0.901. The van der Waals surface area contributed by atoms with Crippen LogP contribution in [0.1, 0.15) is 12.8 Å². The van der Waals surface area contributed by atoms with Crippen molar-refractivity contribution in [2.24, 2.45) is 5.92 Å². The Balaban J connectivity index is 2.16. The molecule has 80 valence electrons. The van der Waals surface area contributed by atoms with E-state index in [1.165, 1.54) is 12.1 Å². The second-order valence-corrected chi connectivity index (χ2v) is 5.24. The molecule has 1 aromatic rings. The van der Waals surface area contributed by atoms with Gasteiger partial charge < -0.3 is 0 Å². The van der Waals surface area contributed by atoms with Crippen molar-refractivity contribution >= 4 is 15.9 Å². The van der Waals surface area contributed by atoms with E-state index in [1.807, 2.05) is 0 Å². The van der Waals surface area contributed by atoms with Gasteiger partial charge in [0.25, 0.3) is 10.0 Å². The first-order valence-electron chi connectivity index (χ1n) is 4.71. The highest BCUT2D eigenvalue weighted by molar-refractivity contribution is 7.90. The van der Waals surface area contributed by atoms with Crippen molar-refractivity contribution < 1.29 is 13.2 Å². The summed E-state index contributed by atoms with van der Waals surface area (Å²) in [4.78, 5) is 11.4. The first kappa shape index (κ1) is 10.2. The fourth-order valence-electron chi connectivity index (χ4n) is 1.22. The standard InChI is InChI=1S/C10H11NO3S/c12-10(8-6-7-8)11-15(13,14)9-4-2-1-3-5-9/h1-5,8H,6-7H2,(H,11,12). The van der Waals surface area contributed by atoms with E-state index >= 15 is 0 Å². The third-order valence-corrected chi connectivity index (χ3v) is 3.60. The Kier molecular flexibility index (Phi) is 2.48. The lowest BCUT2D eigenvalue weighted by Gasteiger charge is -2.05. The molecule has 5 heteroatoms. The van der Waals surface area contributed by atoms with Crippen LogP contribution < -0.4 is 4.72 Å². The number of amides is 1. The minimum absolute atomic E-state index is 0.108. The van der Waals surface area contributed by atoms with Gasteiger partial charge in [0.1, 0.15) is 0 Å². The van der Waals surface area contributed by atoms with Crippen LogP contribution >= 0.6 is 0 Å². The molecule has 0 radical (unpaired) electrons. The number of benzene rings is 1. The smallest absolute Gasteiger partial charge is 0.264 e. The summed E-state index contributed by atoms with van der Waals surface area (Å²) in [6.07, 6.45) is 1.58. The fourth-order valence-corrected chi connectivity index (χ4v) is 2.28. The summed E-state index contributed by atoms with van der Waals surface area (Å²) in [5.74, 6) is -0.498. The molecule has 0 heterocycles. The van der Waals surface area contributed by atoms with Crippen LogP contribution in [0.3, 0.4) is 0 Å². The normalized spacial score (nSPS) is 16.0. The van der Waals surface area contributed by atoms with Crippen LogP contribution in [0.5, 0.6) is 0 Å². The first-order chi connectivity index (χ1) is 7.09. The van der Waals surface area contributed by atoms with Crippen LogP contribution in [0.2, 0.25) is 0 Å². The summed E-state index contributed by atoms with van der Waals surface area (Å²) in [7, 11) is -3.66. The van der Waals surface area contributed by atoms with Crippen molar-refractivity contribution in [2.45, 2.75) is 17.7 Å². The highest BCUT2D eigenvalue weighted by Crippen LogP contribution is 2.29. The molecule has 1 aliphatic rings. The Bertz CT molecular complexity index is 463. The highest BCUT2D eigenvalue weighted by atomic mass is 32.2. The summed E-state index contributed by atoms with van der Waals surface area (Å²) in [6.45, 7) is 0. The van der Waals surface area contributed by atoms with E-state index in [-0.39, 0.29) is 16.7 Å². The maximum Gasteiger partial charge on any atom is 0.264 e. The van der Waals surface area contributed by atoms with Crippen LogP contribution in [0.15, 0.2) is 35.2 Å². The lowest BCUT2D eigenvalue weighted by molar-refractivity contribution is -0.120. The average molecular weight is 225 g/mol. The van der Waals surface area contributed by atoms with Crippen molar-refractivity contribution in [3.63, 3.8) is 0 Å². The van der Waals surface area contributed by atoms with Gasteiger partial charge in [-0.2, -0.15) is 0 Å². The van der Waals surface area contributed by atoms with E-state index in [9.17, 15) is 13.2 Å². The molecular weight excluding hydrogens is 214 g/mol. The number of hydrogen-bond acceptors (Lipinski definition) is 3. The third kappa shape index (κ3) is 2.36. The van der Waals surface area contributed by atoms with E-state index in [1.54, 1.807) is 18.2 Å². The van der Waals surface area contributed by atoms with Crippen molar-refractivity contribution in [1.29, 1.82) is 0 Å². The van der Waals surface area contributed by atoms with Gasteiger partial charge in [0.05, 0.1) is 4.90 Å². The van der Waals surface area contributed by atoms with Gasteiger partial charge >= 0.3 is 0 Å². The summed E-state index contributed by atoms with van der Waals surface area (Å²) in [5.41, 5.74) is 0. The minimum Gasteiger partial charge on any atom is -0.274 e. The van der Waals surface area contributed by atoms with Crippen molar-refractivity contribution in [2.75, 3.05) is 0 Å². The van der Waals surface area contributed by atoms with Gasteiger partial charge in [-0.3, -0.25) is 4.79 Å². The maximum absolute atomic E-state index is 11.6.